The first-order valence-corrected chi connectivity index (χ1v) is 6.23. The summed E-state index contributed by atoms with van der Waals surface area (Å²) in [5.74, 6) is 0.848. The third-order valence-electron chi connectivity index (χ3n) is 2.62. The zero-order valence-corrected chi connectivity index (χ0v) is 10.6. The average Bonchev–Trinajstić information content (AvgIpc) is 2.74. The van der Waals surface area contributed by atoms with Crippen LogP contribution in [0.15, 0.2) is 40.8 Å². The first-order chi connectivity index (χ1) is 8.29. The first kappa shape index (κ1) is 12.1. The van der Waals surface area contributed by atoms with Crippen LogP contribution in [0.5, 0.6) is 0 Å². The summed E-state index contributed by atoms with van der Waals surface area (Å²) >= 11 is 5.73. The van der Waals surface area contributed by atoms with E-state index in [-0.39, 0.29) is 0 Å². The molecule has 3 heteroatoms. The number of benzene rings is 1. The Balaban J connectivity index is 2.03. The summed E-state index contributed by atoms with van der Waals surface area (Å²) in [4.78, 5) is 0. The Bertz CT molecular complexity index is 479. The molecule has 0 atom stereocenters. The Hall–Kier alpha value is -1.41. The SMILES string of the molecule is CCCc1ccccc1NCc1ccc(Cl)o1. The van der Waals surface area contributed by atoms with Crippen molar-refractivity contribution >= 4 is 17.3 Å². The van der Waals surface area contributed by atoms with Gasteiger partial charge in [-0.1, -0.05) is 31.5 Å². The molecule has 2 nitrogen and oxygen atoms in total. The van der Waals surface area contributed by atoms with Crippen molar-refractivity contribution in [2.45, 2.75) is 26.3 Å². The average molecular weight is 250 g/mol. The summed E-state index contributed by atoms with van der Waals surface area (Å²) in [5.41, 5.74) is 2.51. The number of aryl methyl sites for hydroxylation is 1. The lowest BCUT2D eigenvalue weighted by atomic mass is 10.1. The van der Waals surface area contributed by atoms with Crippen molar-refractivity contribution in [3.63, 3.8) is 0 Å². The molecule has 0 radical (unpaired) electrons. The smallest absolute Gasteiger partial charge is 0.193 e. The summed E-state index contributed by atoms with van der Waals surface area (Å²) in [6.45, 7) is 2.84. The molecule has 0 amide bonds. The van der Waals surface area contributed by atoms with Crippen molar-refractivity contribution < 1.29 is 4.42 Å². The maximum absolute atomic E-state index is 5.73. The van der Waals surface area contributed by atoms with E-state index in [1.54, 1.807) is 6.07 Å². The van der Waals surface area contributed by atoms with Crippen molar-refractivity contribution in [1.82, 2.24) is 0 Å². The largest absolute Gasteiger partial charge is 0.448 e. The summed E-state index contributed by atoms with van der Waals surface area (Å²) in [6.07, 6.45) is 2.23. The highest BCUT2D eigenvalue weighted by atomic mass is 35.5. The van der Waals surface area contributed by atoms with Crippen LogP contribution in [-0.4, -0.2) is 0 Å². The molecule has 0 spiro atoms. The third kappa shape index (κ3) is 3.27. The maximum Gasteiger partial charge on any atom is 0.193 e. The molecule has 0 fully saturated rings. The topological polar surface area (TPSA) is 25.2 Å². The van der Waals surface area contributed by atoms with E-state index in [2.05, 4.69) is 30.4 Å². The van der Waals surface area contributed by atoms with E-state index >= 15 is 0 Å². The molecular formula is C14H16ClNO. The molecule has 0 aliphatic rings. The quantitative estimate of drug-likeness (QED) is 0.844. The molecule has 0 aliphatic heterocycles. The van der Waals surface area contributed by atoms with E-state index < -0.39 is 0 Å². The molecule has 17 heavy (non-hydrogen) atoms. The molecule has 0 bridgehead atoms. The van der Waals surface area contributed by atoms with Crippen LogP contribution < -0.4 is 5.32 Å². The minimum Gasteiger partial charge on any atom is -0.448 e. The van der Waals surface area contributed by atoms with Crippen LogP contribution in [-0.2, 0) is 13.0 Å². The van der Waals surface area contributed by atoms with E-state index in [0.29, 0.717) is 11.8 Å². The lowest BCUT2D eigenvalue weighted by Crippen LogP contribution is -2.01. The Morgan fingerprint density at radius 1 is 1.18 bits per heavy atom. The number of hydrogen-bond acceptors (Lipinski definition) is 2. The van der Waals surface area contributed by atoms with Crippen molar-refractivity contribution in [2.24, 2.45) is 0 Å². The van der Waals surface area contributed by atoms with Gasteiger partial charge in [-0.05, 0) is 41.8 Å². The number of hydrogen-bond donors (Lipinski definition) is 1. The van der Waals surface area contributed by atoms with Crippen molar-refractivity contribution in [3.8, 4) is 0 Å². The van der Waals surface area contributed by atoms with Gasteiger partial charge < -0.3 is 9.73 Å². The van der Waals surface area contributed by atoms with E-state index in [4.69, 9.17) is 16.0 Å². The van der Waals surface area contributed by atoms with Crippen LogP contribution in [0.3, 0.4) is 0 Å². The number of furan rings is 1. The molecule has 1 aromatic heterocycles. The highest BCUT2D eigenvalue weighted by Crippen LogP contribution is 2.19. The molecule has 0 unspecified atom stereocenters. The van der Waals surface area contributed by atoms with Gasteiger partial charge in [0, 0.05) is 5.69 Å². The Morgan fingerprint density at radius 3 is 2.71 bits per heavy atom. The van der Waals surface area contributed by atoms with Gasteiger partial charge in [0.05, 0.1) is 6.54 Å². The van der Waals surface area contributed by atoms with Crippen molar-refractivity contribution in [3.05, 3.63) is 52.9 Å². The van der Waals surface area contributed by atoms with Gasteiger partial charge in [-0.25, -0.2) is 0 Å². The van der Waals surface area contributed by atoms with E-state index in [0.717, 1.165) is 18.6 Å². The number of para-hydroxylation sites is 1. The van der Waals surface area contributed by atoms with Gasteiger partial charge in [0.2, 0.25) is 0 Å². The normalized spacial score (nSPS) is 10.5. The standard InChI is InChI=1S/C14H16ClNO/c1-2-5-11-6-3-4-7-13(11)16-10-12-8-9-14(15)17-12/h3-4,6-9,16H,2,5,10H2,1H3. The van der Waals surface area contributed by atoms with Gasteiger partial charge in [-0.3, -0.25) is 0 Å². The molecule has 2 aromatic rings. The van der Waals surface area contributed by atoms with Gasteiger partial charge >= 0.3 is 0 Å². The summed E-state index contributed by atoms with van der Waals surface area (Å²) in [5, 5.41) is 3.81. The highest BCUT2D eigenvalue weighted by Gasteiger charge is 2.02. The summed E-state index contributed by atoms with van der Waals surface area (Å²) < 4.78 is 5.31. The van der Waals surface area contributed by atoms with Crippen LogP contribution in [0.4, 0.5) is 5.69 Å². The second-order valence-electron chi connectivity index (χ2n) is 3.97. The fourth-order valence-corrected chi connectivity index (χ4v) is 1.97. The summed E-state index contributed by atoms with van der Waals surface area (Å²) in [7, 11) is 0. The fourth-order valence-electron chi connectivity index (χ4n) is 1.81. The predicted molar refractivity (Wildman–Crippen MR) is 71.5 cm³/mol. The highest BCUT2D eigenvalue weighted by molar-refractivity contribution is 6.28. The number of nitrogens with one attached hydrogen (secondary N) is 1. The lowest BCUT2D eigenvalue weighted by molar-refractivity contribution is 0.520. The van der Waals surface area contributed by atoms with Crippen molar-refractivity contribution in [1.29, 1.82) is 0 Å². The number of rotatable bonds is 5. The first-order valence-electron chi connectivity index (χ1n) is 5.85. The number of anilines is 1. The van der Waals surface area contributed by atoms with E-state index in [9.17, 15) is 0 Å². The zero-order valence-electron chi connectivity index (χ0n) is 9.87. The van der Waals surface area contributed by atoms with Gasteiger partial charge in [-0.2, -0.15) is 0 Å². The Labute approximate surface area is 107 Å². The minimum atomic E-state index is 0.434. The van der Waals surface area contributed by atoms with Gasteiger partial charge in [0.1, 0.15) is 5.76 Å². The second kappa shape index (κ2) is 5.78. The van der Waals surface area contributed by atoms with Crippen LogP contribution in [0, 0.1) is 0 Å². The number of halogens is 1. The van der Waals surface area contributed by atoms with E-state index in [1.165, 1.54) is 11.3 Å². The molecule has 0 saturated heterocycles. The van der Waals surface area contributed by atoms with Gasteiger partial charge in [0.25, 0.3) is 0 Å². The molecular weight excluding hydrogens is 234 g/mol. The lowest BCUT2D eigenvalue weighted by Gasteiger charge is -2.10. The van der Waals surface area contributed by atoms with Crippen LogP contribution in [0.2, 0.25) is 5.22 Å². The monoisotopic (exact) mass is 249 g/mol. The predicted octanol–water partition coefficient (Wildman–Crippen LogP) is 4.50. The van der Waals surface area contributed by atoms with Crippen molar-refractivity contribution in [2.75, 3.05) is 5.32 Å². The van der Waals surface area contributed by atoms with Crippen LogP contribution in [0.1, 0.15) is 24.7 Å². The van der Waals surface area contributed by atoms with Gasteiger partial charge in [0.15, 0.2) is 5.22 Å². The fraction of sp³-hybridized carbons (Fsp3) is 0.286. The van der Waals surface area contributed by atoms with Crippen LogP contribution in [0.25, 0.3) is 0 Å². The van der Waals surface area contributed by atoms with Crippen LogP contribution >= 0.6 is 11.6 Å². The zero-order chi connectivity index (χ0) is 12.1. The molecule has 0 aliphatic carbocycles. The molecule has 90 valence electrons. The molecule has 1 heterocycles. The Morgan fingerprint density at radius 2 is 2.00 bits per heavy atom. The molecule has 1 aromatic carbocycles. The molecule has 0 saturated carbocycles. The molecule has 2 rings (SSSR count). The van der Waals surface area contributed by atoms with E-state index in [1.807, 2.05) is 12.1 Å². The molecule has 1 N–H and O–H groups in total. The van der Waals surface area contributed by atoms with Gasteiger partial charge in [-0.15, -0.1) is 0 Å². The minimum absolute atomic E-state index is 0.434. The Kier molecular flexibility index (Phi) is 4.10. The summed E-state index contributed by atoms with van der Waals surface area (Å²) in [6, 6.07) is 12.0. The third-order valence-corrected chi connectivity index (χ3v) is 2.82. The second-order valence-corrected chi connectivity index (χ2v) is 4.34. The maximum atomic E-state index is 5.73.